The van der Waals surface area contributed by atoms with Gasteiger partial charge in [-0.2, -0.15) is 0 Å². The van der Waals surface area contributed by atoms with Crippen molar-refractivity contribution in [3.63, 3.8) is 0 Å². The Morgan fingerprint density at radius 1 is 1.22 bits per heavy atom. The summed E-state index contributed by atoms with van der Waals surface area (Å²) in [7, 11) is -2.96. The van der Waals surface area contributed by atoms with E-state index in [-0.39, 0.29) is 16.0 Å². The highest BCUT2D eigenvalue weighted by Crippen LogP contribution is 2.26. The van der Waals surface area contributed by atoms with Crippen LogP contribution in [0.4, 0.5) is 0 Å². The first-order valence-electron chi connectivity index (χ1n) is 7.27. The van der Waals surface area contributed by atoms with Gasteiger partial charge in [-0.25, -0.2) is 8.42 Å². The van der Waals surface area contributed by atoms with Crippen molar-refractivity contribution in [3.05, 3.63) is 0 Å². The lowest BCUT2D eigenvalue weighted by Crippen LogP contribution is -2.46. The molecule has 18 heavy (non-hydrogen) atoms. The Kier molecular flexibility index (Phi) is 5.66. The van der Waals surface area contributed by atoms with Crippen molar-refractivity contribution in [2.75, 3.05) is 6.54 Å². The predicted octanol–water partition coefficient (Wildman–Crippen LogP) is 2.90. The van der Waals surface area contributed by atoms with Gasteiger partial charge in [0.15, 0.2) is 9.84 Å². The van der Waals surface area contributed by atoms with E-state index in [1.54, 1.807) is 0 Å². The number of sulfone groups is 1. The fourth-order valence-electron chi connectivity index (χ4n) is 2.38. The first kappa shape index (κ1) is 16.0. The lowest BCUT2D eigenvalue weighted by atomic mass is 10.0. The van der Waals surface area contributed by atoms with Crippen LogP contribution in [0.5, 0.6) is 0 Å². The van der Waals surface area contributed by atoms with E-state index in [0.717, 1.165) is 32.1 Å². The van der Waals surface area contributed by atoms with E-state index in [4.69, 9.17) is 0 Å². The van der Waals surface area contributed by atoms with Crippen LogP contribution in [0.15, 0.2) is 0 Å². The van der Waals surface area contributed by atoms with Gasteiger partial charge in [0, 0.05) is 12.1 Å². The van der Waals surface area contributed by atoms with Gasteiger partial charge in [-0.1, -0.05) is 26.2 Å². The molecule has 0 aromatic rings. The van der Waals surface area contributed by atoms with Crippen molar-refractivity contribution < 1.29 is 8.42 Å². The van der Waals surface area contributed by atoms with Gasteiger partial charge in [-0.15, -0.1) is 0 Å². The minimum absolute atomic E-state index is 0.0242. The first-order chi connectivity index (χ1) is 8.29. The van der Waals surface area contributed by atoms with Gasteiger partial charge >= 0.3 is 0 Å². The van der Waals surface area contributed by atoms with Crippen LogP contribution in [0.3, 0.4) is 0 Å². The quantitative estimate of drug-likeness (QED) is 0.811. The molecule has 1 saturated carbocycles. The Hall–Kier alpha value is -0.0900. The van der Waals surface area contributed by atoms with E-state index >= 15 is 0 Å². The standard InChI is InChI=1S/C14H29NO2S/c1-5-14(3,4)15-11-12(2)18(16,17)13-9-7-6-8-10-13/h12-13,15H,5-11H2,1-4H3. The van der Waals surface area contributed by atoms with Crippen molar-refractivity contribution in [3.8, 4) is 0 Å². The van der Waals surface area contributed by atoms with Gasteiger partial charge in [-0.3, -0.25) is 0 Å². The third-order valence-electron chi connectivity index (χ3n) is 4.33. The van der Waals surface area contributed by atoms with E-state index in [1.165, 1.54) is 6.42 Å². The van der Waals surface area contributed by atoms with Gasteiger partial charge in [0.2, 0.25) is 0 Å². The number of hydrogen-bond donors (Lipinski definition) is 1. The topological polar surface area (TPSA) is 46.2 Å². The summed E-state index contributed by atoms with van der Waals surface area (Å²) in [6.45, 7) is 8.77. The molecule has 108 valence electrons. The molecule has 0 radical (unpaired) electrons. The summed E-state index contributed by atoms with van der Waals surface area (Å²) >= 11 is 0. The molecule has 0 heterocycles. The summed E-state index contributed by atoms with van der Waals surface area (Å²) in [4.78, 5) is 0. The lowest BCUT2D eigenvalue weighted by Gasteiger charge is -2.29. The summed E-state index contributed by atoms with van der Waals surface area (Å²) in [5, 5.41) is 3.01. The van der Waals surface area contributed by atoms with Gasteiger partial charge in [0.05, 0.1) is 10.5 Å². The smallest absolute Gasteiger partial charge is 0.156 e. The van der Waals surface area contributed by atoms with Crippen LogP contribution in [0.25, 0.3) is 0 Å². The van der Waals surface area contributed by atoms with Gasteiger partial charge in [0.1, 0.15) is 0 Å². The Balaban J connectivity index is 2.56. The van der Waals surface area contributed by atoms with Crippen LogP contribution in [-0.2, 0) is 9.84 Å². The summed E-state index contributed by atoms with van der Waals surface area (Å²) in [5.74, 6) is 0. The second kappa shape index (κ2) is 6.38. The van der Waals surface area contributed by atoms with Crippen molar-refractivity contribution in [2.45, 2.75) is 82.3 Å². The van der Waals surface area contributed by atoms with E-state index in [9.17, 15) is 8.42 Å². The van der Waals surface area contributed by atoms with Gasteiger partial charge in [0.25, 0.3) is 0 Å². The molecule has 1 atom stereocenters. The monoisotopic (exact) mass is 275 g/mol. The molecule has 0 amide bonds. The fourth-order valence-corrected chi connectivity index (χ4v) is 4.35. The highest BCUT2D eigenvalue weighted by molar-refractivity contribution is 7.92. The Morgan fingerprint density at radius 2 is 1.78 bits per heavy atom. The third kappa shape index (κ3) is 4.23. The largest absolute Gasteiger partial charge is 0.311 e. The predicted molar refractivity (Wildman–Crippen MR) is 77.6 cm³/mol. The van der Waals surface area contributed by atoms with E-state index in [2.05, 4.69) is 26.1 Å². The number of rotatable bonds is 6. The molecule has 1 unspecified atom stereocenters. The Bertz CT molecular complexity index is 343. The van der Waals surface area contributed by atoms with Crippen LogP contribution >= 0.6 is 0 Å². The average molecular weight is 275 g/mol. The molecule has 1 aliphatic carbocycles. The molecule has 0 bridgehead atoms. The van der Waals surface area contributed by atoms with Crippen LogP contribution in [0.2, 0.25) is 0 Å². The number of hydrogen-bond acceptors (Lipinski definition) is 3. The minimum atomic E-state index is -2.96. The maximum absolute atomic E-state index is 12.5. The molecule has 1 aliphatic rings. The van der Waals surface area contributed by atoms with E-state index in [1.807, 2.05) is 6.92 Å². The Morgan fingerprint density at radius 3 is 2.28 bits per heavy atom. The van der Waals surface area contributed by atoms with Crippen molar-refractivity contribution in [1.82, 2.24) is 5.32 Å². The molecule has 0 aromatic carbocycles. The number of nitrogens with one attached hydrogen (secondary N) is 1. The van der Waals surface area contributed by atoms with Crippen molar-refractivity contribution in [1.29, 1.82) is 0 Å². The second-order valence-electron chi connectivity index (χ2n) is 6.28. The molecule has 3 nitrogen and oxygen atoms in total. The maximum atomic E-state index is 12.5. The van der Waals surface area contributed by atoms with Crippen LogP contribution in [-0.4, -0.2) is 31.0 Å². The van der Waals surface area contributed by atoms with E-state index < -0.39 is 9.84 Å². The molecule has 0 aliphatic heterocycles. The summed E-state index contributed by atoms with van der Waals surface area (Å²) in [6.07, 6.45) is 6.08. The highest BCUT2D eigenvalue weighted by Gasteiger charge is 2.32. The minimum Gasteiger partial charge on any atom is -0.311 e. The summed E-state index contributed by atoms with van der Waals surface area (Å²) < 4.78 is 24.9. The van der Waals surface area contributed by atoms with Crippen LogP contribution in [0.1, 0.15) is 66.2 Å². The molecule has 1 fully saturated rings. The third-order valence-corrected chi connectivity index (χ3v) is 7.02. The van der Waals surface area contributed by atoms with Crippen molar-refractivity contribution in [2.24, 2.45) is 0 Å². The first-order valence-corrected chi connectivity index (χ1v) is 8.88. The lowest BCUT2D eigenvalue weighted by molar-refractivity contribution is 0.375. The molecule has 0 spiro atoms. The maximum Gasteiger partial charge on any atom is 0.156 e. The molecule has 0 saturated heterocycles. The van der Waals surface area contributed by atoms with Gasteiger partial charge < -0.3 is 5.32 Å². The zero-order chi connectivity index (χ0) is 13.8. The zero-order valence-corrected chi connectivity index (χ0v) is 13.1. The van der Waals surface area contributed by atoms with Gasteiger partial charge in [-0.05, 0) is 40.0 Å². The zero-order valence-electron chi connectivity index (χ0n) is 12.3. The van der Waals surface area contributed by atoms with Crippen LogP contribution in [0, 0.1) is 0 Å². The fraction of sp³-hybridized carbons (Fsp3) is 1.00. The SMILES string of the molecule is CCC(C)(C)NCC(C)S(=O)(=O)C1CCCCC1. The average Bonchev–Trinajstić information content (AvgIpc) is 2.37. The highest BCUT2D eigenvalue weighted by atomic mass is 32.2. The normalized spacial score (nSPS) is 20.9. The van der Waals surface area contributed by atoms with Crippen molar-refractivity contribution >= 4 is 9.84 Å². The molecule has 0 aromatic heterocycles. The molecule has 1 rings (SSSR count). The Labute approximate surface area is 113 Å². The summed E-state index contributed by atoms with van der Waals surface area (Å²) in [5.41, 5.74) is 0.0242. The molecular weight excluding hydrogens is 246 g/mol. The summed E-state index contributed by atoms with van der Waals surface area (Å²) in [6, 6.07) is 0. The second-order valence-corrected chi connectivity index (χ2v) is 8.93. The molecular formula is C14H29NO2S. The van der Waals surface area contributed by atoms with Crippen LogP contribution < -0.4 is 5.32 Å². The molecule has 1 N–H and O–H groups in total. The molecule has 4 heteroatoms. The van der Waals surface area contributed by atoms with E-state index in [0.29, 0.717) is 6.54 Å².